The van der Waals surface area contributed by atoms with Gasteiger partial charge in [0.05, 0.1) is 12.2 Å². The van der Waals surface area contributed by atoms with E-state index in [4.69, 9.17) is 14.5 Å². The zero-order valence-electron chi connectivity index (χ0n) is 23.4. The Labute approximate surface area is 234 Å². The van der Waals surface area contributed by atoms with Crippen molar-refractivity contribution in [1.29, 1.82) is 0 Å². The maximum Gasteiger partial charge on any atom is 0.410 e. The normalized spacial score (nSPS) is 22.6. The Bertz CT molecular complexity index is 1250. The highest BCUT2D eigenvalue weighted by atomic mass is 32.1. The molecule has 11 heteroatoms. The van der Waals surface area contributed by atoms with Crippen LogP contribution in [0, 0.1) is 0 Å². The molecule has 2 fully saturated rings. The van der Waals surface area contributed by atoms with E-state index in [9.17, 15) is 4.79 Å². The van der Waals surface area contributed by atoms with Gasteiger partial charge in [-0.25, -0.2) is 19.7 Å². The zero-order valence-corrected chi connectivity index (χ0v) is 24.3. The molecule has 0 bridgehead atoms. The number of aromatic nitrogens is 3. The molecular formula is C28H39N7O3S. The van der Waals surface area contributed by atoms with Gasteiger partial charge in [0.25, 0.3) is 0 Å². The van der Waals surface area contributed by atoms with Crippen LogP contribution in [0.5, 0.6) is 0 Å². The zero-order chi connectivity index (χ0) is 27.6. The lowest BCUT2D eigenvalue weighted by atomic mass is 10.1. The predicted molar refractivity (Wildman–Crippen MR) is 155 cm³/mol. The maximum absolute atomic E-state index is 12.7. The lowest BCUT2D eigenvalue weighted by Gasteiger charge is -2.35. The SMILES string of the molecule is C[C@@H]1CN(Cc2cc(Nc3nc4cccnc4s3)nc(NC3CCCN(C(=O)OC(C)(C)C)C3)c2)C[C@H](C)O1. The number of likely N-dealkylation sites (tertiary alicyclic amines) is 1. The number of fused-ring (bicyclic) bond motifs is 1. The molecule has 210 valence electrons. The second kappa shape index (κ2) is 11.6. The minimum atomic E-state index is -0.515. The van der Waals surface area contributed by atoms with Gasteiger partial charge >= 0.3 is 6.09 Å². The van der Waals surface area contributed by atoms with Crippen LogP contribution in [-0.4, -0.2) is 80.9 Å². The van der Waals surface area contributed by atoms with Crippen molar-refractivity contribution in [3.8, 4) is 0 Å². The van der Waals surface area contributed by atoms with Gasteiger partial charge < -0.3 is 25.0 Å². The largest absolute Gasteiger partial charge is 0.444 e. The minimum Gasteiger partial charge on any atom is -0.444 e. The fourth-order valence-electron chi connectivity index (χ4n) is 5.22. The van der Waals surface area contributed by atoms with E-state index in [0.717, 1.165) is 65.2 Å². The lowest BCUT2D eigenvalue weighted by molar-refractivity contribution is -0.0704. The summed E-state index contributed by atoms with van der Waals surface area (Å²) in [4.78, 5) is 31.8. The highest BCUT2D eigenvalue weighted by molar-refractivity contribution is 7.21. The first-order valence-electron chi connectivity index (χ1n) is 13.7. The molecule has 0 radical (unpaired) electrons. The van der Waals surface area contributed by atoms with Gasteiger partial charge in [-0.2, -0.15) is 0 Å². The summed E-state index contributed by atoms with van der Waals surface area (Å²) in [6.45, 7) is 13.8. The van der Waals surface area contributed by atoms with Crippen LogP contribution in [0.2, 0.25) is 0 Å². The van der Waals surface area contributed by atoms with Gasteiger partial charge in [0.15, 0.2) is 5.13 Å². The first-order chi connectivity index (χ1) is 18.6. The number of ether oxygens (including phenoxy) is 2. The first-order valence-corrected chi connectivity index (χ1v) is 14.5. The summed E-state index contributed by atoms with van der Waals surface area (Å²) in [6, 6.07) is 8.13. The summed E-state index contributed by atoms with van der Waals surface area (Å²) in [5.41, 5.74) is 1.49. The summed E-state index contributed by atoms with van der Waals surface area (Å²) >= 11 is 1.50. The Morgan fingerprint density at radius 3 is 2.67 bits per heavy atom. The number of thiazole rings is 1. The molecular weight excluding hydrogens is 514 g/mol. The summed E-state index contributed by atoms with van der Waals surface area (Å²) in [6.07, 6.45) is 3.77. The molecule has 0 aliphatic carbocycles. The average molecular weight is 554 g/mol. The predicted octanol–water partition coefficient (Wildman–Crippen LogP) is 5.25. The van der Waals surface area contributed by atoms with Crippen LogP contribution in [0.4, 0.5) is 21.6 Å². The molecule has 1 amide bonds. The number of carbonyl (C=O) groups excluding carboxylic acids is 1. The molecule has 39 heavy (non-hydrogen) atoms. The highest BCUT2D eigenvalue weighted by Gasteiger charge is 2.28. The molecule has 2 saturated heterocycles. The van der Waals surface area contributed by atoms with Crippen LogP contribution in [0.3, 0.4) is 0 Å². The number of pyridine rings is 2. The van der Waals surface area contributed by atoms with E-state index in [1.54, 1.807) is 11.1 Å². The van der Waals surface area contributed by atoms with Crippen LogP contribution in [0.15, 0.2) is 30.5 Å². The minimum absolute atomic E-state index is 0.0805. The average Bonchev–Trinajstić information content (AvgIpc) is 3.24. The monoisotopic (exact) mass is 553 g/mol. The number of piperidine rings is 1. The van der Waals surface area contributed by atoms with E-state index >= 15 is 0 Å². The third-order valence-corrected chi connectivity index (χ3v) is 7.51. The number of morpholine rings is 1. The molecule has 0 aromatic carbocycles. The Morgan fingerprint density at radius 2 is 1.92 bits per heavy atom. The third kappa shape index (κ3) is 7.55. The molecule has 3 aromatic rings. The Kier molecular flexibility index (Phi) is 8.20. The van der Waals surface area contributed by atoms with Gasteiger partial charge in [-0.05, 0) is 77.3 Å². The van der Waals surface area contributed by atoms with Gasteiger partial charge in [0.2, 0.25) is 0 Å². The van der Waals surface area contributed by atoms with Gasteiger partial charge in [-0.3, -0.25) is 4.90 Å². The topological polar surface area (TPSA) is 105 Å². The van der Waals surface area contributed by atoms with Crippen molar-refractivity contribution >= 4 is 44.5 Å². The van der Waals surface area contributed by atoms with Crippen molar-refractivity contribution < 1.29 is 14.3 Å². The number of anilines is 3. The molecule has 1 unspecified atom stereocenters. The quantitative estimate of drug-likeness (QED) is 0.423. The smallest absolute Gasteiger partial charge is 0.410 e. The number of nitrogens with one attached hydrogen (secondary N) is 2. The maximum atomic E-state index is 12.7. The molecule has 3 atom stereocenters. The number of amides is 1. The van der Waals surface area contributed by atoms with Crippen LogP contribution in [-0.2, 0) is 16.0 Å². The van der Waals surface area contributed by atoms with E-state index in [1.807, 2.05) is 32.9 Å². The van der Waals surface area contributed by atoms with Crippen molar-refractivity contribution in [3.05, 3.63) is 36.0 Å². The van der Waals surface area contributed by atoms with Gasteiger partial charge in [-0.1, -0.05) is 11.3 Å². The first kappa shape index (κ1) is 27.5. The fraction of sp³-hybridized carbons (Fsp3) is 0.571. The number of rotatable bonds is 6. The summed E-state index contributed by atoms with van der Waals surface area (Å²) in [5, 5.41) is 7.76. The molecule has 5 rings (SSSR count). The molecule has 2 aliphatic heterocycles. The number of hydrogen-bond donors (Lipinski definition) is 2. The molecule has 5 heterocycles. The third-order valence-electron chi connectivity index (χ3n) is 6.61. The molecule has 0 saturated carbocycles. The number of hydrogen-bond acceptors (Lipinski definition) is 10. The van der Waals surface area contributed by atoms with E-state index in [1.165, 1.54) is 11.3 Å². The van der Waals surface area contributed by atoms with Gasteiger partial charge in [-0.15, -0.1) is 0 Å². The summed E-state index contributed by atoms with van der Waals surface area (Å²) in [5.74, 6) is 1.50. The van der Waals surface area contributed by atoms with Crippen molar-refractivity contribution in [3.63, 3.8) is 0 Å². The van der Waals surface area contributed by atoms with Crippen LogP contribution in [0.25, 0.3) is 10.3 Å². The lowest BCUT2D eigenvalue weighted by Crippen LogP contribution is -2.47. The van der Waals surface area contributed by atoms with Crippen LogP contribution in [0.1, 0.15) is 53.0 Å². The Balaban J connectivity index is 1.35. The van der Waals surface area contributed by atoms with Crippen molar-refractivity contribution in [2.45, 2.75) is 77.9 Å². The van der Waals surface area contributed by atoms with Crippen molar-refractivity contribution in [2.75, 3.05) is 36.8 Å². The van der Waals surface area contributed by atoms with Crippen molar-refractivity contribution in [1.82, 2.24) is 24.8 Å². The number of nitrogens with zero attached hydrogens (tertiary/aromatic N) is 5. The van der Waals surface area contributed by atoms with E-state index in [2.05, 4.69) is 51.5 Å². The van der Waals surface area contributed by atoms with E-state index < -0.39 is 5.60 Å². The Morgan fingerprint density at radius 1 is 1.15 bits per heavy atom. The Hall–Kier alpha value is -3.02. The second-order valence-electron chi connectivity index (χ2n) is 11.6. The highest BCUT2D eigenvalue weighted by Crippen LogP contribution is 2.28. The fourth-order valence-corrected chi connectivity index (χ4v) is 6.03. The van der Waals surface area contributed by atoms with E-state index in [0.29, 0.717) is 13.1 Å². The van der Waals surface area contributed by atoms with Crippen LogP contribution < -0.4 is 10.6 Å². The molecule has 3 aromatic heterocycles. The number of carbonyl (C=O) groups is 1. The van der Waals surface area contributed by atoms with Crippen molar-refractivity contribution in [2.24, 2.45) is 0 Å². The molecule has 10 nitrogen and oxygen atoms in total. The molecule has 0 spiro atoms. The summed E-state index contributed by atoms with van der Waals surface area (Å²) < 4.78 is 11.5. The molecule has 2 N–H and O–H groups in total. The van der Waals surface area contributed by atoms with Gasteiger partial charge in [0, 0.05) is 45.0 Å². The second-order valence-corrected chi connectivity index (χ2v) is 12.6. The standard InChI is InChI=1S/C28H39N7O3S/c1-18-14-34(15-19(2)37-18)16-20-12-23(30-21-8-7-11-35(17-21)27(36)38-28(3,4)5)32-24(13-20)33-26-31-22-9-6-10-29-25(22)39-26/h6,9-10,12-13,18-19,21H,7-8,11,14-17H2,1-5H3,(H2,30,31,32,33)/t18-,19+,21?. The van der Waals surface area contributed by atoms with Gasteiger partial charge in [0.1, 0.15) is 27.6 Å². The summed E-state index contributed by atoms with van der Waals surface area (Å²) in [7, 11) is 0. The van der Waals surface area contributed by atoms with E-state index in [-0.39, 0.29) is 24.3 Å². The van der Waals surface area contributed by atoms with Crippen LogP contribution >= 0.6 is 11.3 Å². The molecule has 2 aliphatic rings.